The molecule has 0 N–H and O–H groups in total. The number of benzene rings is 2. The van der Waals surface area contributed by atoms with E-state index in [9.17, 15) is 9.59 Å². The summed E-state index contributed by atoms with van der Waals surface area (Å²) in [5.41, 5.74) is 0.550. The van der Waals surface area contributed by atoms with E-state index in [2.05, 4.69) is 0 Å². The Morgan fingerprint density at radius 3 is 2.07 bits per heavy atom. The fourth-order valence-corrected chi connectivity index (χ4v) is 2.66. The molecular formula is C21H24O7. The number of hydrogen-bond acceptors (Lipinski definition) is 7. The minimum atomic E-state index is -0.983. The van der Waals surface area contributed by atoms with E-state index in [0.29, 0.717) is 23.7 Å². The minimum Gasteiger partial charge on any atom is -0.494 e. The molecule has 0 unspecified atom stereocenters. The van der Waals surface area contributed by atoms with Crippen LogP contribution < -0.4 is 18.9 Å². The summed E-state index contributed by atoms with van der Waals surface area (Å²) in [6.45, 7) is 3.93. The number of Topliss-reactive ketones (excluding diaryl/α,β-unsaturated/α-hetero) is 1. The maximum absolute atomic E-state index is 12.6. The highest BCUT2D eigenvalue weighted by Crippen LogP contribution is 2.40. The quantitative estimate of drug-likeness (QED) is 0.480. The Balaban J connectivity index is 2.18. The van der Waals surface area contributed by atoms with Gasteiger partial charge in [0.2, 0.25) is 11.5 Å². The fourth-order valence-electron chi connectivity index (χ4n) is 2.66. The Morgan fingerprint density at radius 1 is 0.893 bits per heavy atom. The van der Waals surface area contributed by atoms with Crippen LogP contribution in [0.25, 0.3) is 0 Å². The van der Waals surface area contributed by atoms with E-state index >= 15 is 0 Å². The van der Waals surface area contributed by atoms with E-state index in [1.807, 2.05) is 6.92 Å². The van der Waals surface area contributed by atoms with Crippen molar-refractivity contribution in [1.29, 1.82) is 0 Å². The first-order chi connectivity index (χ1) is 13.5. The van der Waals surface area contributed by atoms with Gasteiger partial charge in [0.15, 0.2) is 17.6 Å². The fraction of sp³-hybridized carbons (Fsp3) is 0.333. The van der Waals surface area contributed by atoms with Crippen molar-refractivity contribution in [3.8, 4) is 23.0 Å². The lowest BCUT2D eigenvalue weighted by atomic mass is 10.1. The van der Waals surface area contributed by atoms with E-state index in [1.165, 1.54) is 34.3 Å². The second-order valence-corrected chi connectivity index (χ2v) is 5.75. The van der Waals surface area contributed by atoms with Crippen LogP contribution in [0.15, 0.2) is 36.4 Å². The zero-order valence-corrected chi connectivity index (χ0v) is 16.6. The van der Waals surface area contributed by atoms with Crippen LogP contribution in [0.3, 0.4) is 0 Å². The summed E-state index contributed by atoms with van der Waals surface area (Å²) >= 11 is 0. The van der Waals surface area contributed by atoms with Crippen LogP contribution in [-0.2, 0) is 4.74 Å². The van der Waals surface area contributed by atoms with Crippen molar-refractivity contribution in [3.63, 3.8) is 0 Å². The van der Waals surface area contributed by atoms with Crippen molar-refractivity contribution in [2.75, 3.05) is 27.9 Å². The van der Waals surface area contributed by atoms with Gasteiger partial charge < -0.3 is 23.7 Å². The van der Waals surface area contributed by atoms with Crippen molar-refractivity contribution in [3.05, 3.63) is 47.5 Å². The van der Waals surface area contributed by atoms with Crippen LogP contribution in [-0.4, -0.2) is 45.8 Å². The van der Waals surface area contributed by atoms with Crippen molar-refractivity contribution in [1.82, 2.24) is 0 Å². The third-order valence-corrected chi connectivity index (χ3v) is 4.03. The highest BCUT2D eigenvalue weighted by molar-refractivity contribution is 6.02. The summed E-state index contributed by atoms with van der Waals surface area (Å²) in [7, 11) is 4.32. The van der Waals surface area contributed by atoms with Gasteiger partial charge in [-0.2, -0.15) is 0 Å². The first-order valence-electron chi connectivity index (χ1n) is 8.73. The standard InChI is InChI=1S/C21H24O7/c1-6-27-15-9-7-14(8-10-15)18(22)13(2)28-21(23)16-11-12-17(24-3)20(26-5)19(16)25-4/h7-13H,6H2,1-5H3/t13-/m0/s1. The number of carbonyl (C=O) groups is 2. The Labute approximate surface area is 164 Å². The molecular weight excluding hydrogens is 364 g/mol. The molecule has 7 heteroatoms. The molecule has 0 spiro atoms. The second kappa shape index (κ2) is 9.64. The maximum atomic E-state index is 12.6. The van der Waals surface area contributed by atoms with Gasteiger partial charge in [-0.25, -0.2) is 4.79 Å². The van der Waals surface area contributed by atoms with Gasteiger partial charge in [-0.3, -0.25) is 4.79 Å². The lowest BCUT2D eigenvalue weighted by Crippen LogP contribution is -2.24. The van der Waals surface area contributed by atoms with Gasteiger partial charge in [-0.05, 0) is 50.2 Å². The molecule has 0 bridgehead atoms. The SMILES string of the molecule is CCOc1ccc(C(=O)[C@H](C)OC(=O)c2ccc(OC)c(OC)c2OC)cc1. The van der Waals surface area contributed by atoms with Crippen molar-refractivity contribution < 1.29 is 33.3 Å². The predicted octanol–water partition coefficient (Wildman–Crippen LogP) is 3.54. The van der Waals surface area contributed by atoms with E-state index in [4.69, 9.17) is 23.7 Å². The van der Waals surface area contributed by atoms with E-state index in [1.54, 1.807) is 30.3 Å². The Hall–Kier alpha value is -3.22. The lowest BCUT2D eigenvalue weighted by Gasteiger charge is -2.17. The van der Waals surface area contributed by atoms with E-state index < -0.39 is 12.1 Å². The molecule has 2 aromatic carbocycles. The zero-order chi connectivity index (χ0) is 20.7. The first kappa shape index (κ1) is 21.1. The number of esters is 1. The average molecular weight is 388 g/mol. The van der Waals surface area contributed by atoms with Crippen LogP contribution >= 0.6 is 0 Å². The molecule has 0 aliphatic carbocycles. The molecule has 0 aliphatic rings. The van der Waals surface area contributed by atoms with E-state index in [-0.39, 0.29) is 22.8 Å². The molecule has 2 rings (SSSR count). The van der Waals surface area contributed by atoms with Crippen LogP contribution in [0, 0.1) is 0 Å². The molecule has 0 aromatic heterocycles. The maximum Gasteiger partial charge on any atom is 0.342 e. The molecule has 0 radical (unpaired) electrons. The highest BCUT2D eigenvalue weighted by atomic mass is 16.6. The van der Waals surface area contributed by atoms with Crippen LogP contribution in [0.4, 0.5) is 0 Å². The van der Waals surface area contributed by atoms with Gasteiger partial charge in [-0.1, -0.05) is 0 Å². The van der Waals surface area contributed by atoms with E-state index in [0.717, 1.165) is 0 Å². The number of ether oxygens (including phenoxy) is 5. The molecule has 0 saturated carbocycles. The second-order valence-electron chi connectivity index (χ2n) is 5.75. The summed E-state index contributed by atoms with van der Waals surface area (Å²) in [5.74, 6) is 0.492. The molecule has 150 valence electrons. The summed E-state index contributed by atoms with van der Waals surface area (Å²) < 4.78 is 26.5. The normalized spacial score (nSPS) is 11.3. The molecule has 0 amide bonds. The predicted molar refractivity (Wildman–Crippen MR) is 103 cm³/mol. The van der Waals surface area contributed by atoms with Crippen LogP contribution in [0.5, 0.6) is 23.0 Å². The lowest BCUT2D eigenvalue weighted by molar-refractivity contribution is 0.0315. The molecule has 0 saturated heterocycles. The molecule has 7 nitrogen and oxygen atoms in total. The van der Waals surface area contributed by atoms with Crippen molar-refractivity contribution in [2.24, 2.45) is 0 Å². The largest absolute Gasteiger partial charge is 0.494 e. The minimum absolute atomic E-state index is 0.131. The average Bonchev–Trinajstić information content (AvgIpc) is 2.72. The van der Waals surface area contributed by atoms with Crippen molar-refractivity contribution >= 4 is 11.8 Å². The molecule has 0 aliphatic heterocycles. The Bertz CT molecular complexity index is 827. The Kier molecular flexibility index (Phi) is 7.26. The number of methoxy groups -OCH3 is 3. The molecule has 1 atom stereocenters. The van der Waals surface area contributed by atoms with Gasteiger partial charge in [0.1, 0.15) is 11.3 Å². The van der Waals surface area contributed by atoms with Crippen molar-refractivity contribution in [2.45, 2.75) is 20.0 Å². The summed E-state index contributed by atoms with van der Waals surface area (Å²) in [5, 5.41) is 0. The molecule has 0 fully saturated rings. The van der Waals surface area contributed by atoms with Crippen LogP contribution in [0.1, 0.15) is 34.6 Å². The van der Waals surface area contributed by atoms with Gasteiger partial charge >= 0.3 is 5.97 Å². The smallest absolute Gasteiger partial charge is 0.342 e. The third-order valence-electron chi connectivity index (χ3n) is 4.03. The highest BCUT2D eigenvalue weighted by Gasteiger charge is 2.25. The monoisotopic (exact) mass is 388 g/mol. The summed E-state index contributed by atoms with van der Waals surface area (Å²) in [6.07, 6.45) is -0.983. The Morgan fingerprint density at radius 2 is 1.54 bits per heavy atom. The topological polar surface area (TPSA) is 80.3 Å². The van der Waals surface area contributed by atoms with Gasteiger partial charge in [-0.15, -0.1) is 0 Å². The third kappa shape index (κ3) is 4.54. The summed E-state index contributed by atoms with van der Waals surface area (Å²) in [4.78, 5) is 25.2. The molecule has 28 heavy (non-hydrogen) atoms. The molecule has 0 heterocycles. The number of rotatable bonds is 9. The van der Waals surface area contributed by atoms with Gasteiger partial charge in [0.05, 0.1) is 27.9 Å². The van der Waals surface area contributed by atoms with Crippen LogP contribution in [0.2, 0.25) is 0 Å². The van der Waals surface area contributed by atoms with Gasteiger partial charge in [0, 0.05) is 5.56 Å². The zero-order valence-electron chi connectivity index (χ0n) is 16.6. The number of carbonyl (C=O) groups excluding carboxylic acids is 2. The van der Waals surface area contributed by atoms with Gasteiger partial charge in [0.25, 0.3) is 0 Å². The summed E-state index contributed by atoms with van der Waals surface area (Å²) in [6, 6.07) is 9.72. The number of ketones is 1. The number of hydrogen-bond donors (Lipinski definition) is 0. The first-order valence-corrected chi connectivity index (χ1v) is 8.73. The molecule has 2 aromatic rings.